The SMILES string of the molecule is O=C(Nc1nncs1)c1ccc(NCC2CCN(CC(O)c3ccccc3)CC2)nc1. The molecule has 3 N–H and O–H groups in total. The van der Waals surface area contributed by atoms with E-state index in [0.717, 1.165) is 43.9 Å². The number of β-amino-alcohol motifs (C(OH)–C–C–N with tert-alkyl or cyclic N) is 1. The Labute approximate surface area is 185 Å². The average Bonchev–Trinajstić information content (AvgIpc) is 3.32. The van der Waals surface area contributed by atoms with E-state index in [1.165, 1.54) is 11.3 Å². The first-order valence-electron chi connectivity index (χ1n) is 10.4. The molecule has 0 saturated carbocycles. The van der Waals surface area contributed by atoms with Gasteiger partial charge in [-0.3, -0.25) is 10.1 Å². The number of likely N-dealkylation sites (tertiary alicyclic amines) is 1. The number of nitrogens with zero attached hydrogens (tertiary/aromatic N) is 4. The summed E-state index contributed by atoms with van der Waals surface area (Å²) >= 11 is 1.27. The minimum atomic E-state index is -0.442. The van der Waals surface area contributed by atoms with Crippen LogP contribution < -0.4 is 10.6 Å². The normalized spacial score (nSPS) is 16.0. The van der Waals surface area contributed by atoms with E-state index in [1.54, 1.807) is 17.8 Å². The third kappa shape index (κ3) is 6.06. The third-order valence-corrected chi connectivity index (χ3v) is 6.11. The first-order chi connectivity index (χ1) is 15.2. The molecule has 0 aliphatic carbocycles. The molecule has 1 aliphatic rings. The zero-order valence-electron chi connectivity index (χ0n) is 17.1. The first-order valence-corrected chi connectivity index (χ1v) is 11.3. The Kier molecular flexibility index (Phi) is 7.18. The lowest BCUT2D eigenvalue weighted by Crippen LogP contribution is -2.38. The van der Waals surface area contributed by atoms with Gasteiger partial charge in [-0.1, -0.05) is 41.7 Å². The Balaban J connectivity index is 1.19. The molecule has 1 amide bonds. The van der Waals surface area contributed by atoms with Crippen molar-refractivity contribution in [3.05, 3.63) is 65.3 Å². The van der Waals surface area contributed by atoms with Crippen LogP contribution in [0, 0.1) is 5.92 Å². The molecular weight excluding hydrogens is 412 g/mol. The van der Waals surface area contributed by atoms with E-state index in [2.05, 4.69) is 30.7 Å². The van der Waals surface area contributed by atoms with Crippen molar-refractivity contribution in [2.24, 2.45) is 5.92 Å². The van der Waals surface area contributed by atoms with Gasteiger partial charge >= 0.3 is 0 Å². The maximum Gasteiger partial charge on any atom is 0.259 e. The zero-order chi connectivity index (χ0) is 21.5. The Morgan fingerprint density at radius 2 is 2.00 bits per heavy atom. The highest BCUT2D eigenvalue weighted by Crippen LogP contribution is 2.21. The molecule has 4 rings (SSSR count). The van der Waals surface area contributed by atoms with E-state index >= 15 is 0 Å². The number of carbonyl (C=O) groups is 1. The molecule has 2 aromatic heterocycles. The molecule has 162 valence electrons. The molecule has 1 aliphatic heterocycles. The molecule has 3 heterocycles. The summed E-state index contributed by atoms with van der Waals surface area (Å²) in [4.78, 5) is 18.9. The maximum atomic E-state index is 12.2. The molecular formula is C22H26N6O2S. The van der Waals surface area contributed by atoms with E-state index in [1.807, 2.05) is 36.4 Å². The summed E-state index contributed by atoms with van der Waals surface area (Å²) < 4.78 is 0. The standard InChI is InChI=1S/C22H26N6O2S/c29-19(17-4-2-1-3-5-17)14-28-10-8-16(9-11-28)12-23-20-7-6-18(13-24-20)21(30)26-22-27-25-15-31-22/h1-7,13,15-16,19,29H,8-12,14H2,(H,23,24)(H,26,27,30). The molecule has 1 saturated heterocycles. The number of piperidine rings is 1. The molecule has 8 nitrogen and oxygen atoms in total. The van der Waals surface area contributed by atoms with Crippen molar-refractivity contribution in [3.63, 3.8) is 0 Å². The molecule has 0 radical (unpaired) electrons. The summed E-state index contributed by atoms with van der Waals surface area (Å²) in [5, 5.41) is 24.5. The van der Waals surface area contributed by atoms with Gasteiger partial charge in [0.15, 0.2) is 0 Å². The quantitative estimate of drug-likeness (QED) is 0.497. The van der Waals surface area contributed by atoms with Crippen LogP contribution in [0.1, 0.15) is 34.9 Å². The number of nitrogens with one attached hydrogen (secondary N) is 2. The fourth-order valence-corrected chi connectivity index (χ4v) is 4.12. The minimum Gasteiger partial charge on any atom is -0.387 e. The van der Waals surface area contributed by atoms with Gasteiger partial charge in [0.2, 0.25) is 5.13 Å². The van der Waals surface area contributed by atoms with E-state index in [9.17, 15) is 9.90 Å². The van der Waals surface area contributed by atoms with Gasteiger partial charge < -0.3 is 15.3 Å². The Morgan fingerprint density at radius 1 is 1.19 bits per heavy atom. The van der Waals surface area contributed by atoms with Crippen molar-refractivity contribution in [3.8, 4) is 0 Å². The first kappa shape index (κ1) is 21.4. The molecule has 1 aromatic carbocycles. The number of amides is 1. The highest BCUT2D eigenvalue weighted by Gasteiger charge is 2.21. The number of aromatic nitrogens is 3. The van der Waals surface area contributed by atoms with E-state index in [-0.39, 0.29) is 5.91 Å². The van der Waals surface area contributed by atoms with Gasteiger partial charge in [-0.05, 0) is 49.5 Å². The smallest absolute Gasteiger partial charge is 0.259 e. The van der Waals surface area contributed by atoms with Crippen LogP contribution in [0.25, 0.3) is 0 Å². The van der Waals surface area contributed by atoms with Crippen LogP contribution in [0.4, 0.5) is 10.9 Å². The lowest BCUT2D eigenvalue weighted by atomic mass is 9.96. The minimum absolute atomic E-state index is 0.249. The number of pyridine rings is 1. The molecule has 1 fully saturated rings. The van der Waals surface area contributed by atoms with Gasteiger partial charge in [-0.25, -0.2) is 4.98 Å². The van der Waals surface area contributed by atoms with Crippen LogP contribution in [0.2, 0.25) is 0 Å². The number of carbonyl (C=O) groups excluding carboxylic acids is 1. The van der Waals surface area contributed by atoms with Crippen LogP contribution in [0.5, 0.6) is 0 Å². The summed E-state index contributed by atoms with van der Waals surface area (Å²) in [6.45, 7) is 3.48. The predicted molar refractivity (Wildman–Crippen MR) is 121 cm³/mol. The number of hydrogen-bond acceptors (Lipinski definition) is 8. The van der Waals surface area contributed by atoms with Gasteiger partial charge in [0.25, 0.3) is 5.91 Å². The number of aliphatic hydroxyl groups excluding tert-OH is 1. The Morgan fingerprint density at radius 3 is 2.68 bits per heavy atom. The summed E-state index contributed by atoms with van der Waals surface area (Å²) in [6, 6.07) is 13.4. The molecule has 0 bridgehead atoms. The average molecular weight is 439 g/mol. The lowest BCUT2D eigenvalue weighted by Gasteiger charge is -2.33. The second kappa shape index (κ2) is 10.4. The number of anilines is 2. The fourth-order valence-electron chi connectivity index (χ4n) is 3.68. The summed E-state index contributed by atoms with van der Waals surface area (Å²) in [7, 11) is 0. The van der Waals surface area contributed by atoms with Gasteiger partial charge in [0.05, 0.1) is 11.7 Å². The molecule has 3 aromatic rings. The Hall–Kier alpha value is -2.88. The van der Waals surface area contributed by atoms with Crippen LogP contribution in [-0.2, 0) is 0 Å². The monoisotopic (exact) mass is 438 g/mol. The van der Waals surface area contributed by atoms with Crippen molar-refractivity contribution >= 4 is 28.2 Å². The van der Waals surface area contributed by atoms with Gasteiger partial charge in [0, 0.05) is 19.3 Å². The second-order valence-corrected chi connectivity index (χ2v) is 8.51. The highest BCUT2D eigenvalue weighted by atomic mass is 32.1. The third-order valence-electron chi connectivity index (χ3n) is 5.50. The predicted octanol–water partition coefficient (Wildman–Crippen LogP) is 3.04. The largest absolute Gasteiger partial charge is 0.387 e. The van der Waals surface area contributed by atoms with Crippen LogP contribution >= 0.6 is 11.3 Å². The molecule has 1 atom stereocenters. The topological polar surface area (TPSA) is 103 Å². The van der Waals surface area contributed by atoms with E-state index in [0.29, 0.717) is 23.2 Å². The van der Waals surface area contributed by atoms with E-state index < -0.39 is 6.10 Å². The summed E-state index contributed by atoms with van der Waals surface area (Å²) in [6.07, 6.45) is 3.28. The summed E-state index contributed by atoms with van der Waals surface area (Å²) in [5.74, 6) is 1.07. The summed E-state index contributed by atoms with van der Waals surface area (Å²) in [5.41, 5.74) is 3.01. The molecule has 1 unspecified atom stereocenters. The zero-order valence-corrected chi connectivity index (χ0v) is 18.0. The van der Waals surface area contributed by atoms with Crippen molar-refractivity contribution in [2.75, 3.05) is 36.8 Å². The number of aliphatic hydroxyl groups is 1. The molecule has 31 heavy (non-hydrogen) atoms. The van der Waals surface area contributed by atoms with Gasteiger partial charge in [0.1, 0.15) is 11.3 Å². The van der Waals surface area contributed by atoms with Crippen LogP contribution in [-0.4, -0.2) is 57.3 Å². The number of rotatable bonds is 8. The number of benzene rings is 1. The Bertz CT molecular complexity index is 944. The van der Waals surface area contributed by atoms with Gasteiger partial charge in [-0.15, -0.1) is 10.2 Å². The van der Waals surface area contributed by atoms with Crippen molar-refractivity contribution < 1.29 is 9.90 Å². The van der Waals surface area contributed by atoms with Crippen molar-refractivity contribution in [1.82, 2.24) is 20.1 Å². The number of hydrogen-bond donors (Lipinski definition) is 3. The fraction of sp³-hybridized carbons (Fsp3) is 0.364. The van der Waals surface area contributed by atoms with E-state index in [4.69, 9.17) is 0 Å². The highest BCUT2D eigenvalue weighted by molar-refractivity contribution is 7.13. The lowest BCUT2D eigenvalue weighted by molar-refractivity contribution is 0.0909. The van der Waals surface area contributed by atoms with Crippen LogP contribution in [0.15, 0.2) is 54.2 Å². The van der Waals surface area contributed by atoms with Gasteiger partial charge in [-0.2, -0.15) is 0 Å². The molecule has 9 heteroatoms. The second-order valence-electron chi connectivity index (χ2n) is 7.68. The maximum absolute atomic E-state index is 12.2. The van der Waals surface area contributed by atoms with Crippen molar-refractivity contribution in [2.45, 2.75) is 18.9 Å². The van der Waals surface area contributed by atoms with Crippen molar-refractivity contribution in [1.29, 1.82) is 0 Å². The molecule has 0 spiro atoms. The van der Waals surface area contributed by atoms with Crippen LogP contribution in [0.3, 0.4) is 0 Å².